The molecule has 1 aliphatic rings. The Bertz CT molecular complexity index is 790. The quantitative estimate of drug-likeness (QED) is 0.896. The lowest BCUT2D eigenvalue weighted by Gasteiger charge is -2.36. The van der Waals surface area contributed by atoms with Gasteiger partial charge in [-0.3, -0.25) is 4.79 Å². The number of hydrogen-bond acceptors (Lipinski definition) is 5. The molecule has 1 fully saturated rings. The molecule has 1 saturated heterocycles. The van der Waals surface area contributed by atoms with Crippen molar-refractivity contribution in [3.05, 3.63) is 54.1 Å². The second-order valence-corrected chi connectivity index (χ2v) is 6.08. The fraction of sp³-hybridized carbons (Fsp3) is 0.300. The molecule has 0 unspecified atom stereocenters. The van der Waals surface area contributed by atoms with Crippen LogP contribution in [-0.4, -0.2) is 50.6 Å². The van der Waals surface area contributed by atoms with Gasteiger partial charge in [-0.15, -0.1) is 0 Å². The first-order chi connectivity index (χ1) is 12.7. The Labute approximate surface area is 153 Å². The van der Waals surface area contributed by atoms with E-state index < -0.39 is 0 Å². The Balaban J connectivity index is 1.51. The van der Waals surface area contributed by atoms with E-state index in [9.17, 15) is 4.79 Å². The summed E-state index contributed by atoms with van der Waals surface area (Å²) >= 11 is 0. The predicted molar refractivity (Wildman–Crippen MR) is 101 cm³/mol. The first kappa shape index (κ1) is 17.6. The van der Waals surface area contributed by atoms with E-state index in [2.05, 4.69) is 16.3 Å². The second-order valence-electron chi connectivity index (χ2n) is 6.08. The number of ether oxygens (including phenoxy) is 1. The normalized spacial score (nSPS) is 13.8. The number of amides is 1. The molecule has 1 aliphatic heterocycles. The summed E-state index contributed by atoms with van der Waals surface area (Å²) in [5.74, 6) is 0.887. The van der Waals surface area contributed by atoms with Gasteiger partial charge in [0.1, 0.15) is 11.8 Å². The van der Waals surface area contributed by atoms with Crippen LogP contribution >= 0.6 is 0 Å². The highest BCUT2D eigenvalue weighted by atomic mass is 16.5. The predicted octanol–water partition coefficient (Wildman–Crippen LogP) is 2.33. The van der Waals surface area contributed by atoms with E-state index in [0.29, 0.717) is 24.3 Å². The molecule has 0 radical (unpaired) electrons. The van der Waals surface area contributed by atoms with Crippen molar-refractivity contribution in [2.75, 3.05) is 50.1 Å². The van der Waals surface area contributed by atoms with Gasteiger partial charge < -0.3 is 19.9 Å². The molecule has 1 heterocycles. The zero-order valence-electron chi connectivity index (χ0n) is 14.8. The van der Waals surface area contributed by atoms with E-state index in [1.165, 1.54) is 0 Å². The summed E-state index contributed by atoms with van der Waals surface area (Å²) in [6, 6.07) is 17.3. The molecule has 0 saturated carbocycles. The molecule has 2 aromatic carbocycles. The molecule has 0 aliphatic carbocycles. The average Bonchev–Trinajstić information content (AvgIpc) is 2.72. The standard InChI is InChI=1S/C20H22N4O2/c1-26-18-8-6-17(7-9-18)23-10-12-24(13-11-23)20(25)15-22-19-5-3-2-4-16(19)14-21/h2-9,22H,10-13,15H2,1H3. The van der Waals surface area contributed by atoms with Crippen LogP contribution in [0.3, 0.4) is 0 Å². The van der Waals surface area contributed by atoms with Crippen molar-refractivity contribution in [1.29, 1.82) is 5.26 Å². The number of para-hydroxylation sites is 1. The summed E-state index contributed by atoms with van der Waals surface area (Å²) in [4.78, 5) is 16.6. The van der Waals surface area contributed by atoms with Crippen molar-refractivity contribution >= 4 is 17.3 Å². The van der Waals surface area contributed by atoms with Crippen LogP contribution in [0.4, 0.5) is 11.4 Å². The number of carbonyl (C=O) groups is 1. The van der Waals surface area contributed by atoms with Crippen LogP contribution < -0.4 is 15.0 Å². The SMILES string of the molecule is COc1ccc(N2CCN(C(=O)CNc3ccccc3C#N)CC2)cc1. The molecule has 26 heavy (non-hydrogen) atoms. The molecule has 0 atom stereocenters. The van der Waals surface area contributed by atoms with Gasteiger partial charge in [0.05, 0.1) is 24.9 Å². The van der Waals surface area contributed by atoms with Crippen molar-refractivity contribution in [2.24, 2.45) is 0 Å². The van der Waals surface area contributed by atoms with Gasteiger partial charge >= 0.3 is 0 Å². The Morgan fingerprint density at radius 1 is 1.12 bits per heavy atom. The summed E-state index contributed by atoms with van der Waals surface area (Å²) in [6.45, 7) is 3.17. The summed E-state index contributed by atoms with van der Waals surface area (Å²) < 4.78 is 5.19. The number of methoxy groups -OCH3 is 1. The van der Waals surface area contributed by atoms with Crippen LogP contribution in [0.1, 0.15) is 5.56 Å². The van der Waals surface area contributed by atoms with Crippen LogP contribution in [0.2, 0.25) is 0 Å². The van der Waals surface area contributed by atoms with Gasteiger partial charge in [0.25, 0.3) is 0 Å². The molecule has 3 rings (SSSR count). The van der Waals surface area contributed by atoms with Crippen molar-refractivity contribution in [2.45, 2.75) is 0 Å². The highest BCUT2D eigenvalue weighted by molar-refractivity contribution is 5.81. The number of carbonyl (C=O) groups excluding carboxylic acids is 1. The van der Waals surface area contributed by atoms with Gasteiger partial charge in [0.2, 0.25) is 5.91 Å². The van der Waals surface area contributed by atoms with Gasteiger partial charge in [0.15, 0.2) is 0 Å². The van der Waals surface area contributed by atoms with Crippen LogP contribution in [-0.2, 0) is 4.79 Å². The van der Waals surface area contributed by atoms with Crippen molar-refractivity contribution in [3.8, 4) is 11.8 Å². The molecule has 6 nitrogen and oxygen atoms in total. The van der Waals surface area contributed by atoms with Gasteiger partial charge in [-0.05, 0) is 36.4 Å². The molecular weight excluding hydrogens is 328 g/mol. The van der Waals surface area contributed by atoms with E-state index in [1.807, 2.05) is 47.4 Å². The van der Waals surface area contributed by atoms with Crippen molar-refractivity contribution in [1.82, 2.24) is 4.90 Å². The summed E-state index contributed by atoms with van der Waals surface area (Å²) in [6.07, 6.45) is 0. The van der Waals surface area contributed by atoms with Gasteiger partial charge in [-0.1, -0.05) is 12.1 Å². The van der Waals surface area contributed by atoms with E-state index >= 15 is 0 Å². The van der Waals surface area contributed by atoms with Crippen molar-refractivity contribution < 1.29 is 9.53 Å². The summed E-state index contributed by atoms with van der Waals surface area (Å²) in [5.41, 5.74) is 2.38. The maximum Gasteiger partial charge on any atom is 0.241 e. The smallest absolute Gasteiger partial charge is 0.241 e. The van der Waals surface area contributed by atoms with Gasteiger partial charge in [-0.2, -0.15) is 5.26 Å². The number of nitrogens with one attached hydrogen (secondary N) is 1. The highest BCUT2D eigenvalue weighted by Gasteiger charge is 2.21. The number of hydrogen-bond donors (Lipinski definition) is 1. The van der Waals surface area contributed by atoms with E-state index in [0.717, 1.165) is 24.5 Å². The lowest BCUT2D eigenvalue weighted by molar-refractivity contribution is -0.129. The monoisotopic (exact) mass is 350 g/mol. The Morgan fingerprint density at radius 3 is 2.46 bits per heavy atom. The number of benzene rings is 2. The molecule has 0 bridgehead atoms. The zero-order valence-corrected chi connectivity index (χ0v) is 14.8. The van der Waals surface area contributed by atoms with Gasteiger partial charge in [-0.25, -0.2) is 0 Å². The van der Waals surface area contributed by atoms with Crippen LogP contribution in [0.5, 0.6) is 5.75 Å². The van der Waals surface area contributed by atoms with Gasteiger partial charge in [0, 0.05) is 31.9 Å². The van der Waals surface area contributed by atoms with Crippen LogP contribution in [0.15, 0.2) is 48.5 Å². The number of piperazine rings is 1. The maximum atomic E-state index is 12.4. The molecule has 2 aromatic rings. The second kappa shape index (κ2) is 8.26. The molecular formula is C20H22N4O2. The minimum atomic E-state index is 0.0483. The Morgan fingerprint density at radius 2 is 1.81 bits per heavy atom. The third-order valence-electron chi connectivity index (χ3n) is 4.55. The molecule has 1 amide bonds. The van der Waals surface area contributed by atoms with E-state index in [-0.39, 0.29) is 12.5 Å². The minimum Gasteiger partial charge on any atom is -0.497 e. The minimum absolute atomic E-state index is 0.0483. The topological polar surface area (TPSA) is 68.6 Å². The average molecular weight is 350 g/mol. The third kappa shape index (κ3) is 4.06. The molecule has 134 valence electrons. The van der Waals surface area contributed by atoms with Crippen LogP contribution in [0.25, 0.3) is 0 Å². The number of nitriles is 1. The lowest BCUT2D eigenvalue weighted by atomic mass is 10.2. The largest absolute Gasteiger partial charge is 0.497 e. The first-order valence-electron chi connectivity index (χ1n) is 8.61. The fourth-order valence-corrected chi connectivity index (χ4v) is 3.02. The van der Waals surface area contributed by atoms with Crippen LogP contribution in [0, 0.1) is 11.3 Å². The maximum absolute atomic E-state index is 12.4. The third-order valence-corrected chi connectivity index (χ3v) is 4.55. The first-order valence-corrected chi connectivity index (χ1v) is 8.61. The fourth-order valence-electron chi connectivity index (χ4n) is 3.02. The molecule has 1 N–H and O–H groups in total. The zero-order chi connectivity index (χ0) is 18.4. The molecule has 0 spiro atoms. The molecule has 0 aromatic heterocycles. The lowest BCUT2D eigenvalue weighted by Crippen LogP contribution is -2.50. The van der Waals surface area contributed by atoms with Crippen molar-refractivity contribution in [3.63, 3.8) is 0 Å². The Kier molecular flexibility index (Phi) is 5.59. The summed E-state index contributed by atoms with van der Waals surface area (Å²) in [7, 11) is 1.66. The number of nitrogens with zero attached hydrogens (tertiary/aromatic N) is 3. The molecule has 6 heteroatoms. The van der Waals surface area contributed by atoms with E-state index in [1.54, 1.807) is 13.2 Å². The Hall–Kier alpha value is -3.20. The number of rotatable bonds is 5. The van der Waals surface area contributed by atoms with E-state index in [4.69, 9.17) is 10.00 Å². The number of anilines is 2. The summed E-state index contributed by atoms with van der Waals surface area (Å²) in [5, 5.41) is 12.2. The highest BCUT2D eigenvalue weighted by Crippen LogP contribution is 2.20.